The van der Waals surface area contributed by atoms with Gasteiger partial charge in [0, 0.05) is 17.1 Å². The molecular weight excluding hydrogens is 181 g/mol. The number of imidazole rings is 1. The number of benzene rings is 1. The molecule has 0 amide bonds. The topological polar surface area (TPSA) is 54.7 Å². The van der Waals surface area contributed by atoms with Crippen molar-refractivity contribution in [2.75, 3.05) is 5.73 Å². The molecule has 1 aromatic heterocycles. The first-order valence-electron chi connectivity index (χ1n) is 3.06. The van der Waals surface area contributed by atoms with E-state index in [1.54, 1.807) is 0 Å². The van der Waals surface area contributed by atoms with Gasteiger partial charge in [0.2, 0.25) is 0 Å². The molecule has 0 spiro atoms. The van der Waals surface area contributed by atoms with Crippen molar-refractivity contribution in [3.05, 3.63) is 24.3 Å². The molecule has 0 unspecified atom stereocenters. The fourth-order valence-electron chi connectivity index (χ4n) is 0.973. The van der Waals surface area contributed by atoms with E-state index in [2.05, 4.69) is 9.97 Å². The van der Waals surface area contributed by atoms with Gasteiger partial charge in [0.05, 0.1) is 11.0 Å². The summed E-state index contributed by atoms with van der Waals surface area (Å²) >= 11 is 0. The molecular formula is C7H7MnN3. The van der Waals surface area contributed by atoms with Crippen molar-refractivity contribution in [2.24, 2.45) is 0 Å². The number of nitrogen functional groups attached to an aromatic ring is 1. The molecule has 0 bridgehead atoms. The number of rotatable bonds is 0. The van der Waals surface area contributed by atoms with Crippen molar-refractivity contribution >= 4 is 17.0 Å². The van der Waals surface area contributed by atoms with Crippen LogP contribution in [-0.4, -0.2) is 9.97 Å². The summed E-state index contributed by atoms with van der Waals surface area (Å²) in [5.41, 5.74) is 7.33. The van der Waals surface area contributed by atoms with Crippen LogP contribution in [0.15, 0.2) is 24.3 Å². The standard InChI is InChI=1S/C7H7N3.Mn/c8-7-9-5-3-1-2-4-6(5)10-7;/h1-4H,(H3,8,9,10);. The zero-order valence-corrected chi connectivity index (χ0v) is 6.89. The van der Waals surface area contributed by atoms with Crippen LogP contribution in [0.2, 0.25) is 0 Å². The van der Waals surface area contributed by atoms with Crippen molar-refractivity contribution in [1.82, 2.24) is 9.97 Å². The average molecular weight is 188 g/mol. The quantitative estimate of drug-likeness (QED) is 0.609. The third-order valence-corrected chi connectivity index (χ3v) is 1.41. The van der Waals surface area contributed by atoms with Gasteiger partial charge in [-0.05, 0) is 12.1 Å². The maximum atomic E-state index is 5.42. The van der Waals surface area contributed by atoms with Crippen LogP contribution >= 0.6 is 0 Å². The Bertz CT molecular complexity index is 322. The number of hydrogen-bond donors (Lipinski definition) is 2. The molecule has 57 valence electrons. The number of nitrogens with two attached hydrogens (primary N) is 1. The van der Waals surface area contributed by atoms with E-state index in [1.165, 1.54) is 0 Å². The van der Waals surface area contributed by atoms with Gasteiger partial charge in [0.25, 0.3) is 0 Å². The summed E-state index contributed by atoms with van der Waals surface area (Å²) < 4.78 is 0. The van der Waals surface area contributed by atoms with Crippen LogP contribution in [0.3, 0.4) is 0 Å². The van der Waals surface area contributed by atoms with Crippen molar-refractivity contribution < 1.29 is 17.1 Å². The molecule has 1 heterocycles. The van der Waals surface area contributed by atoms with E-state index in [4.69, 9.17) is 5.73 Å². The predicted octanol–water partition coefficient (Wildman–Crippen LogP) is 1.14. The largest absolute Gasteiger partial charge is 0.369 e. The molecule has 0 fully saturated rings. The molecule has 1 radical (unpaired) electrons. The summed E-state index contributed by atoms with van der Waals surface area (Å²) in [5, 5.41) is 0. The minimum atomic E-state index is 0. The zero-order valence-electron chi connectivity index (χ0n) is 5.71. The smallest absolute Gasteiger partial charge is 0.198 e. The molecule has 0 saturated heterocycles. The van der Waals surface area contributed by atoms with E-state index in [0.29, 0.717) is 5.95 Å². The normalized spacial score (nSPS) is 9.45. The van der Waals surface area contributed by atoms with Crippen LogP contribution < -0.4 is 5.73 Å². The molecule has 2 aromatic rings. The predicted molar refractivity (Wildman–Crippen MR) is 40.5 cm³/mol. The third-order valence-electron chi connectivity index (χ3n) is 1.41. The van der Waals surface area contributed by atoms with Gasteiger partial charge in [-0.2, -0.15) is 0 Å². The van der Waals surface area contributed by atoms with E-state index in [9.17, 15) is 0 Å². The molecule has 11 heavy (non-hydrogen) atoms. The maximum absolute atomic E-state index is 5.42. The molecule has 0 aliphatic carbocycles. The van der Waals surface area contributed by atoms with Crippen LogP contribution in [0.25, 0.3) is 11.0 Å². The molecule has 3 nitrogen and oxygen atoms in total. The summed E-state index contributed by atoms with van der Waals surface area (Å²) in [7, 11) is 0. The Balaban J connectivity index is 0.000000605. The molecule has 0 saturated carbocycles. The van der Waals surface area contributed by atoms with Gasteiger partial charge in [-0.3, -0.25) is 0 Å². The summed E-state index contributed by atoms with van der Waals surface area (Å²) in [5.74, 6) is 0.473. The minimum Gasteiger partial charge on any atom is -0.369 e. The van der Waals surface area contributed by atoms with Gasteiger partial charge >= 0.3 is 0 Å². The Kier molecular flexibility index (Phi) is 2.17. The van der Waals surface area contributed by atoms with E-state index in [-0.39, 0.29) is 17.1 Å². The number of H-pyrrole nitrogens is 1. The van der Waals surface area contributed by atoms with Gasteiger partial charge in [0.1, 0.15) is 0 Å². The van der Waals surface area contributed by atoms with Crippen LogP contribution in [0.4, 0.5) is 5.95 Å². The molecule has 1 aromatic carbocycles. The molecule has 0 aliphatic heterocycles. The van der Waals surface area contributed by atoms with Crippen LogP contribution in [0, 0.1) is 0 Å². The van der Waals surface area contributed by atoms with E-state index < -0.39 is 0 Å². The first kappa shape index (κ1) is 8.11. The number of aromatic amines is 1. The van der Waals surface area contributed by atoms with Crippen molar-refractivity contribution in [1.29, 1.82) is 0 Å². The second-order valence-electron chi connectivity index (χ2n) is 2.14. The van der Waals surface area contributed by atoms with E-state index in [1.807, 2.05) is 24.3 Å². The molecule has 0 atom stereocenters. The average Bonchev–Trinajstić information content (AvgIpc) is 2.27. The van der Waals surface area contributed by atoms with E-state index in [0.717, 1.165) is 11.0 Å². The first-order valence-corrected chi connectivity index (χ1v) is 3.06. The van der Waals surface area contributed by atoms with Crippen LogP contribution in [0.5, 0.6) is 0 Å². The zero-order chi connectivity index (χ0) is 6.97. The SMILES string of the molecule is Nc1nc2ccccc2[nH]1.[Mn]. The number of para-hydroxylation sites is 2. The second kappa shape index (κ2) is 2.94. The first-order chi connectivity index (χ1) is 4.86. The van der Waals surface area contributed by atoms with Gasteiger partial charge in [-0.1, -0.05) is 12.1 Å². The van der Waals surface area contributed by atoms with E-state index >= 15 is 0 Å². The van der Waals surface area contributed by atoms with Crippen LogP contribution in [0.1, 0.15) is 0 Å². The fraction of sp³-hybridized carbons (Fsp3) is 0. The Labute approximate surface area is 74.5 Å². The Hall–Kier alpha value is -0.991. The van der Waals surface area contributed by atoms with Gasteiger partial charge < -0.3 is 10.7 Å². The summed E-state index contributed by atoms with van der Waals surface area (Å²) in [6, 6.07) is 7.74. The Morgan fingerprint density at radius 3 is 2.73 bits per heavy atom. The van der Waals surface area contributed by atoms with Gasteiger partial charge in [-0.15, -0.1) is 0 Å². The van der Waals surface area contributed by atoms with Crippen molar-refractivity contribution in [2.45, 2.75) is 0 Å². The Morgan fingerprint density at radius 2 is 2.00 bits per heavy atom. The number of anilines is 1. The number of nitrogens with zero attached hydrogens (tertiary/aromatic N) is 1. The summed E-state index contributed by atoms with van der Waals surface area (Å²) in [6.07, 6.45) is 0. The second-order valence-corrected chi connectivity index (χ2v) is 2.14. The molecule has 2 rings (SSSR count). The van der Waals surface area contributed by atoms with Crippen molar-refractivity contribution in [3.8, 4) is 0 Å². The number of aromatic nitrogens is 2. The minimum absolute atomic E-state index is 0. The van der Waals surface area contributed by atoms with Gasteiger partial charge in [-0.25, -0.2) is 4.98 Å². The molecule has 4 heteroatoms. The Morgan fingerprint density at radius 1 is 1.27 bits per heavy atom. The summed E-state index contributed by atoms with van der Waals surface area (Å²) in [4.78, 5) is 6.96. The monoisotopic (exact) mass is 188 g/mol. The molecule has 0 aliphatic rings. The summed E-state index contributed by atoms with van der Waals surface area (Å²) in [6.45, 7) is 0. The van der Waals surface area contributed by atoms with Crippen molar-refractivity contribution in [3.63, 3.8) is 0 Å². The fourth-order valence-corrected chi connectivity index (χ4v) is 0.973. The van der Waals surface area contributed by atoms with Gasteiger partial charge in [0.15, 0.2) is 5.95 Å². The molecule has 3 N–H and O–H groups in total. The number of hydrogen-bond acceptors (Lipinski definition) is 2. The van der Waals surface area contributed by atoms with Crippen LogP contribution in [-0.2, 0) is 17.1 Å². The third kappa shape index (κ3) is 1.36. The number of fused-ring (bicyclic) bond motifs is 1. The maximum Gasteiger partial charge on any atom is 0.198 e. The number of nitrogens with one attached hydrogen (secondary N) is 1.